The predicted molar refractivity (Wildman–Crippen MR) is 112 cm³/mol. The number of aryl methyl sites for hydroxylation is 1. The fourth-order valence-corrected chi connectivity index (χ4v) is 3.57. The first kappa shape index (κ1) is 22.4. The van der Waals surface area contributed by atoms with Crippen LogP contribution in [-0.2, 0) is 26.1 Å². The summed E-state index contributed by atoms with van der Waals surface area (Å²) in [5, 5.41) is 8.22. The Hall–Kier alpha value is -3.31. The van der Waals surface area contributed by atoms with E-state index in [0.29, 0.717) is 16.7 Å². The van der Waals surface area contributed by atoms with Crippen molar-refractivity contribution in [3.63, 3.8) is 0 Å². The first-order valence-electron chi connectivity index (χ1n) is 9.42. The van der Waals surface area contributed by atoms with E-state index in [9.17, 15) is 18.0 Å². The average Bonchev–Trinajstić information content (AvgIpc) is 2.76. The van der Waals surface area contributed by atoms with Crippen molar-refractivity contribution in [3.8, 4) is 5.75 Å². The summed E-state index contributed by atoms with van der Waals surface area (Å²) in [6, 6.07) is 12.8. The average molecular weight is 446 g/mol. The van der Waals surface area contributed by atoms with Gasteiger partial charge in [0.1, 0.15) is 24.5 Å². The number of carbonyl (C=O) groups is 1. The van der Waals surface area contributed by atoms with Crippen LogP contribution in [0.2, 0.25) is 0 Å². The summed E-state index contributed by atoms with van der Waals surface area (Å²) in [5.74, 6) is -0.0513. The van der Waals surface area contributed by atoms with E-state index in [0.717, 1.165) is 8.99 Å². The lowest BCUT2D eigenvalue weighted by Crippen LogP contribution is -2.26. The lowest BCUT2D eigenvalue weighted by molar-refractivity contribution is -0.144. The first-order valence-corrected chi connectivity index (χ1v) is 10.9. The third-order valence-corrected chi connectivity index (χ3v) is 6.20. The number of ether oxygens (including phenoxy) is 2. The molecule has 0 atom stereocenters. The van der Waals surface area contributed by atoms with E-state index in [1.54, 1.807) is 24.3 Å². The van der Waals surface area contributed by atoms with Crippen molar-refractivity contribution in [3.05, 3.63) is 58.9 Å². The fraction of sp³-hybridized carbons (Fsp3) is 0.300. The predicted octanol–water partition coefficient (Wildman–Crippen LogP) is 1.05. The molecule has 0 amide bonds. The molecule has 0 spiro atoms. The van der Waals surface area contributed by atoms with Gasteiger partial charge < -0.3 is 9.47 Å². The maximum absolute atomic E-state index is 12.3. The number of rotatable bonds is 9. The molecule has 0 saturated heterocycles. The summed E-state index contributed by atoms with van der Waals surface area (Å²) in [6.07, 6.45) is -0.0377. The Morgan fingerprint density at radius 2 is 1.77 bits per heavy atom. The second-order valence-electron chi connectivity index (χ2n) is 6.71. The zero-order chi connectivity index (χ0) is 22.4. The molecule has 0 aliphatic rings. The Balaban J connectivity index is 1.44. The largest absolute Gasteiger partial charge is 0.490 e. The van der Waals surface area contributed by atoms with E-state index in [-0.39, 0.29) is 36.6 Å². The number of benzene rings is 2. The molecule has 11 heteroatoms. The van der Waals surface area contributed by atoms with Crippen molar-refractivity contribution in [2.24, 2.45) is 0 Å². The van der Waals surface area contributed by atoms with Crippen LogP contribution >= 0.6 is 0 Å². The molecule has 10 nitrogen and oxygen atoms in total. The van der Waals surface area contributed by atoms with E-state index in [4.69, 9.17) is 9.47 Å². The molecule has 0 aliphatic heterocycles. The number of hydrogen-bond acceptors (Lipinski definition) is 8. The highest BCUT2D eigenvalue weighted by Gasteiger charge is 2.16. The second kappa shape index (κ2) is 9.67. The summed E-state index contributed by atoms with van der Waals surface area (Å²) in [4.78, 5) is 24.4. The third kappa shape index (κ3) is 5.44. The zero-order valence-corrected chi connectivity index (χ0v) is 17.9. The number of fused-ring (bicyclic) bond motifs is 1. The molecule has 1 aromatic heterocycles. The van der Waals surface area contributed by atoms with Gasteiger partial charge in [-0.05, 0) is 36.4 Å². The van der Waals surface area contributed by atoms with Crippen LogP contribution in [0.15, 0.2) is 58.2 Å². The molecule has 31 heavy (non-hydrogen) atoms. The molecule has 0 bridgehead atoms. The standard InChI is InChI=1S/C20H22N4O6S/c1-23(2)31(27,28)16-9-7-15(8-10-16)29-13-14-30-19(25)11-12-24-20(26)17-5-3-4-6-18(17)21-22-24/h3-10H,11-14H2,1-2H3. The number of esters is 1. The monoisotopic (exact) mass is 446 g/mol. The van der Waals surface area contributed by atoms with Gasteiger partial charge in [0, 0.05) is 14.1 Å². The Labute approximate surface area is 179 Å². The zero-order valence-electron chi connectivity index (χ0n) is 17.1. The molecule has 1 heterocycles. The maximum atomic E-state index is 12.3. The molecule has 0 saturated carbocycles. The normalized spacial score (nSPS) is 11.6. The van der Waals surface area contributed by atoms with Gasteiger partial charge in [-0.2, -0.15) is 0 Å². The van der Waals surface area contributed by atoms with Gasteiger partial charge in [0.15, 0.2) is 0 Å². The van der Waals surface area contributed by atoms with Gasteiger partial charge >= 0.3 is 5.97 Å². The SMILES string of the molecule is CN(C)S(=O)(=O)c1ccc(OCCOC(=O)CCn2nnc3ccccc3c2=O)cc1. The molecule has 3 aromatic rings. The molecule has 0 unspecified atom stereocenters. The van der Waals surface area contributed by atoms with Crippen molar-refractivity contribution >= 4 is 26.9 Å². The molecule has 0 radical (unpaired) electrons. The van der Waals surface area contributed by atoms with Crippen LogP contribution in [0.4, 0.5) is 0 Å². The summed E-state index contributed by atoms with van der Waals surface area (Å²) in [7, 11) is -0.589. The fourth-order valence-electron chi connectivity index (χ4n) is 2.67. The van der Waals surface area contributed by atoms with Crippen molar-refractivity contribution in [1.82, 2.24) is 19.3 Å². The number of sulfonamides is 1. The maximum Gasteiger partial charge on any atom is 0.307 e. The molecular weight excluding hydrogens is 424 g/mol. The van der Waals surface area contributed by atoms with Crippen LogP contribution in [0.1, 0.15) is 6.42 Å². The van der Waals surface area contributed by atoms with Gasteiger partial charge in [0.25, 0.3) is 5.56 Å². The molecule has 0 N–H and O–H groups in total. The van der Waals surface area contributed by atoms with Gasteiger partial charge in [-0.15, -0.1) is 5.10 Å². The molecular formula is C20H22N4O6S. The lowest BCUT2D eigenvalue weighted by Gasteiger charge is -2.12. The minimum absolute atomic E-state index is 0.00881. The van der Waals surface area contributed by atoms with E-state index in [1.807, 2.05) is 0 Å². The van der Waals surface area contributed by atoms with Crippen molar-refractivity contribution < 1.29 is 22.7 Å². The van der Waals surface area contributed by atoms with E-state index in [2.05, 4.69) is 10.3 Å². The summed E-state index contributed by atoms with van der Waals surface area (Å²) >= 11 is 0. The topological polar surface area (TPSA) is 121 Å². The highest BCUT2D eigenvalue weighted by molar-refractivity contribution is 7.89. The van der Waals surface area contributed by atoms with Gasteiger partial charge in [0.2, 0.25) is 10.0 Å². The number of carbonyl (C=O) groups excluding carboxylic acids is 1. The number of nitrogens with zero attached hydrogens (tertiary/aromatic N) is 4. The highest BCUT2D eigenvalue weighted by Crippen LogP contribution is 2.18. The lowest BCUT2D eigenvalue weighted by atomic mass is 10.2. The van der Waals surface area contributed by atoms with Crippen molar-refractivity contribution in [2.75, 3.05) is 27.3 Å². The van der Waals surface area contributed by atoms with Crippen molar-refractivity contribution in [1.29, 1.82) is 0 Å². The summed E-state index contributed by atoms with van der Waals surface area (Å²) in [5.41, 5.74) is 0.178. The van der Waals surface area contributed by atoms with Gasteiger partial charge in [0.05, 0.1) is 23.2 Å². The first-order chi connectivity index (χ1) is 14.8. The van der Waals surface area contributed by atoms with Gasteiger partial charge in [-0.1, -0.05) is 17.3 Å². The Morgan fingerprint density at radius 1 is 1.06 bits per heavy atom. The van der Waals surface area contributed by atoms with Crippen molar-refractivity contribution in [2.45, 2.75) is 17.9 Å². The smallest absolute Gasteiger partial charge is 0.307 e. The Kier molecular flexibility index (Phi) is 6.98. The molecule has 164 valence electrons. The van der Waals surface area contributed by atoms with E-state index < -0.39 is 16.0 Å². The van der Waals surface area contributed by atoms with Crippen LogP contribution in [-0.4, -0.2) is 61.0 Å². The minimum Gasteiger partial charge on any atom is -0.490 e. The summed E-state index contributed by atoms with van der Waals surface area (Å²) < 4.78 is 36.8. The molecule has 0 fully saturated rings. The second-order valence-corrected chi connectivity index (χ2v) is 8.86. The van der Waals surface area contributed by atoms with Crippen LogP contribution in [0.3, 0.4) is 0 Å². The molecule has 2 aromatic carbocycles. The highest BCUT2D eigenvalue weighted by atomic mass is 32.2. The minimum atomic E-state index is -3.50. The third-order valence-electron chi connectivity index (χ3n) is 4.37. The van der Waals surface area contributed by atoms with Crippen LogP contribution in [0, 0.1) is 0 Å². The quantitative estimate of drug-likeness (QED) is 0.353. The van der Waals surface area contributed by atoms with Gasteiger partial charge in [-0.3, -0.25) is 9.59 Å². The summed E-state index contributed by atoms with van der Waals surface area (Å²) in [6.45, 7) is 0.161. The van der Waals surface area contributed by atoms with Crippen LogP contribution < -0.4 is 10.3 Å². The Morgan fingerprint density at radius 3 is 2.48 bits per heavy atom. The number of aromatic nitrogens is 3. The molecule has 3 rings (SSSR count). The van der Waals surface area contributed by atoms with E-state index in [1.165, 1.54) is 38.4 Å². The van der Waals surface area contributed by atoms with Crippen LogP contribution in [0.25, 0.3) is 10.9 Å². The van der Waals surface area contributed by atoms with Gasteiger partial charge in [-0.25, -0.2) is 17.4 Å². The number of hydrogen-bond donors (Lipinski definition) is 0. The Bertz CT molecular complexity index is 1220. The van der Waals surface area contributed by atoms with Crippen LogP contribution in [0.5, 0.6) is 5.75 Å². The molecule has 0 aliphatic carbocycles. The van der Waals surface area contributed by atoms with E-state index >= 15 is 0 Å².